The van der Waals surface area contributed by atoms with Crippen LogP contribution >= 0.6 is 0 Å². The van der Waals surface area contributed by atoms with Gasteiger partial charge in [0.25, 0.3) is 5.91 Å². The lowest BCUT2D eigenvalue weighted by Gasteiger charge is -2.39. The van der Waals surface area contributed by atoms with Crippen LogP contribution in [0.1, 0.15) is 35.2 Å². The lowest BCUT2D eigenvalue weighted by molar-refractivity contribution is -0.177. The van der Waals surface area contributed by atoms with Crippen molar-refractivity contribution in [1.29, 1.82) is 0 Å². The van der Waals surface area contributed by atoms with Gasteiger partial charge in [-0.3, -0.25) is 19.7 Å². The Hall–Kier alpha value is -3.42. The molecule has 2 atom stereocenters. The summed E-state index contributed by atoms with van der Waals surface area (Å²) in [6.45, 7) is 2.43. The number of piperidine rings is 2. The first-order valence-electron chi connectivity index (χ1n) is 12.9. The van der Waals surface area contributed by atoms with Gasteiger partial charge in [-0.15, -0.1) is 0 Å². The molecule has 0 spiro atoms. The van der Waals surface area contributed by atoms with Crippen LogP contribution in [0.25, 0.3) is 11.1 Å². The average molecular weight is 548 g/mol. The highest BCUT2D eigenvalue weighted by atomic mass is 19.4. The molecule has 210 valence electrons. The summed E-state index contributed by atoms with van der Waals surface area (Å²) in [5, 5.41) is 2.74. The van der Waals surface area contributed by atoms with E-state index in [1.165, 1.54) is 17.3 Å². The third-order valence-electron chi connectivity index (χ3n) is 7.45. The van der Waals surface area contributed by atoms with Crippen molar-refractivity contribution in [3.05, 3.63) is 41.9 Å². The number of nitrogens with one attached hydrogen (secondary N) is 1. The Bertz CT molecular complexity index is 1320. The Kier molecular flexibility index (Phi) is 7.65. The number of amides is 1. The van der Waals surface area contributed by atoms with Gasteiger partial charge in [-0.2, -0.15) is 13.2 Å². The minimum atomic E-state index is -4.37. The number of nitrogens with two attached hydrogens (primary N) is 2. The first-order chi connectivity index (χ1) is 18.6. The van der Waals surface area contributed by atoms with Crippen molar-refractivity contribution in [1.82, 2.24) is 14.9 Å². The van der Waals surface area contributed by atoms with Crippen LogP contribution in [0.3, 0.4) is 0 Å². The number of aromatic nitrogens is 2. The predicted octanol–water partition coefficient (Wildman–Crippen LogP) is 3.38. The molecule has 5 N–H and O–H groups in total. The first-order valence-corrected chi connectivity index (χ1v) is 12.9. The number of halogens is 3. The van der Waals surface area contributed by atoms with Gasteiger partial charge in [0.15, 0.2) is 5.58 Å². The van der Waals surface area contributed by atoms with Crippen LogP contribution in [0, 0.1) is 5.92 Å². The number of rotatable bonds is 6. The van der Waals surface area contributed by atoms with E-state index < -0.39 is 24.0 Å². The fourth-order valence-corrected chi connectivity index (χ4v) is 5.42. The van der Waals surface area contributed by atoms with E-state index in [-0.39, 0.29) is 42.7 Å². The molecule has 5 rings (SSSR count). The minimum Gasteiger partial charge on any atom is -0.438 e. The molecule has 0 aromatic carbocycles. The van der Waals surface area contributed by atoms with Crippen LogP contribution in [-0.4, -0.2) is 72.4 Å². The van der Waals surface area contributed by atoms with E-state index in [0.29, 0.717) is 23.3 Å². The Morgan fingerprint density at radius 1 is 1.26 bits per heavy atom. The molecular formula is C26H32F3N7O3. The number of likely N-dealkylation sites (tertiary alicyclic amines) is 1. The maximum Gasteiger partial charge on any atom is 0.393 e. The first kappa shape index (κ1) is 27.2. The van der Waals surface area contributed by atoms with Crippen molar-refractivity contribution in [2.45, 2.75) is 44.1 Å². The summed E-state index contributed by atoms with van der Waals surface area (Å²) in [7, 11) is 1.73. The minimum absolute atomic E-state index is 0.0516. The zero-order chi connectivity index (χ0) is 27.7. The zero-order valence-corrected chi connectivity index (χ0v) is 21.6. The summed E-state index contributed by atoms with van der Waals surface area (Å²) in [6.07, 6.45) is 2.21. The summed E-state index contributed by atoms with van der Waals surface area (Å²) in [5.74, 6) is -2.28. The van der Waals surface area contributed by atoms with Crippen molar-refractivity contribution in [2.24, 2.45) is 11.7 Å². The molecule has 2 saturated heterocycles. The van der Waals surface area contributed by atoms with E-state index >= 15 is 0 Å². The van der Waals surface area contributed by atoms with Crippen LogP contribution in [0.5, 0.6) is 0 Å². The van der Waals surface area contributed by atoms with Crippen LogP contribution < -0.4 is 21.7 Å². The Morgan fingerprint density at radius 3 is 2.74 bits per heavy atom. The van der Waals surface area contributed by atoms with Crippen molar-refractivity contribution in [3.63, 3.8) is 0 Å². The van der Waals surface area contributed by atoms with Gasteiger partial charge >= 0.3 is 6.18 Å². The normalized spacial score (nSPS) is 21.4. The second-order valence-corrected chi connectivity index (χ2v) is 10.2. The molecule has 0 unspecified atom stereocenters. The number of hydrogen-bond donors (Lipinski definition) is 3. The monoisotopic (exact) mass is 547 g/mol. The van der Waals surface area contributed by atoms with E-state index in [9.17, 15) is 18.0 Å². The molecule has 3 aromatic rings. The summed E-state index contributed by atoms with van der Waals surface area (Å²) in [6, 6.07) is 2.71. The van der Waals surface area contributed by atoms with Gasteiger partial charge in [0, 0.05) is 58.3 Å². The lowest BCUT2D eigenvalue weighted by Crippen LogP contribution is -2.51. The molecule has 0 saturated carbocycles. The van der Waals surface area contributed by atoms with Gasteiger partial charge in [0.2, 0.25) is 5.88 Å². The number of nitrogen functional groups attached to an aromatic ring is 1. The molecule has 13 heteroatoms. The van der Waals surface area contributed by atoms with E-state index in [1.807, 2.05) is 6.07 Å². The van der Waals surface area contributed by atoms with Gasteiger partial charge in [0.1, 0.15) is 11.1 Å². The van der Waals surface area contributed by atoms with Crippen molar-refractivity contribution >= 4 is 34.3 Å². The molecule has 0 radical (unpaired) electrons. The maximum absolute atomic E-state index is 13.5. The second-order valence-electron chi connectivity index (χ2n) is 10.2. The van der Waals surface area contributed by atoms with Crippen molar-refractivity contribution in [3.8, 4) is 0 Å². The Morgan fingerprint density at radius 2 is 2.03 bits per heavy atom. The molecule has 39 heavy (non-hydrogen) atoms. The molecule has 2 aliphatic rings. The number of furan rings is 1. The highest BCUT2D eigenvalue weighted by Gasteiger charge is 2.44. The maximum atomic E-state index is 13.5. The van der Waals surface area contributed by atoms with Gasteiger partial charge in [0.05, 0.1) is 29.6 Å². The fraction of sp³-hybridized carbons (Fsp3) is 0.500. The number of anilines is 3. The van der Waals surface area contributed by atoms with Crippen LogP contribution in [0.2, 0.25) is 0 Å². The SMILES string of the molecule is COC1CCN(Cc2cnc3c(C(=O)Nc4cnccc4N4C[C@H](N)C[C@H](C(F)(F)F)C4)c(N)oc3c2)CC1. The predicted molar refractivity (Wildman–Crippen MR) is 140 cm³/mol. The topological polar surface area (TPSA) is 136 Å². The highest BCUT2D eigenvalue weighted by Crippen LogP contribution is 2.37. The standard InChI is InChI=1S/C26H32F3N7O3/c1-38-18-3-6-35(7-4-18)12-15-8-21-23(33-10-15)22(24(31)39-21)25(37)34-19-11-32-5-2-20(19)36-13-16(26(27,28)29)9-17(30)14-36/h2,5,8,10-11,16-18H,3-4,6-7,9,12-14,30-31H2,1H3,(H,34,37)/t16-,17+/m0/s1. The molecule has 1 amide bonds. The van der Waals surface area contributed by atoms with Crippen LogP contribution in [-0.2, 0) is 11.3 Å². The number of nitrogens with zero attached hydrogens (tertiary/aromatic N) is 4. The number of carbonyl (C=O) groups is 1. The van der Waals surface area contributed by atoms with Gasteiger partial charge < -0.3 is 30.8 Å². The number of pyridine rings is 2. The third-order valence-corrected chi connectivity index (χ3v) is 7.45. The number of hydrogen-bond acceptors (Lipinski definition) is 9. The summed E-state index contributed by atoms with van der Waals surface area (Å²) < 4.78 is 51.6. The van der Waals surface area contributed by atoms with Crippen LogP contribution in [0.15, 0.2) is 35.1 Å². The average Bonchev–Trinajstić information content (AvgIpc) is 3.23. The van der Waals surface area contributed by atoms with Gasteiger partial charge in [-0.1, -0.05) is 0 Å². The van der Waals surface area contributed by atoms with E-state index in [2.05, 4.69) is 20.2 Å². The highest BCUT2D eigenvalue weighted by molar-refractivity contribution is 6.15. The van der Waals surface area contributed by atoms with Crippen molar-refractivity contribution in [2.75, 3.05) is 49.2 Å². The molecule has 10 nitrogen and oxygen atoms in total. The molecule has 3 aromatic heterocycles. The molecule has 5 heterocycles. The Labute approximate surface area is 223 Å². The molecule has 2 fully saturated rings. The van der Waals surface area contributed by atoms with E-state index in [4.69, 9.17) is 20.6 Å². The molecule has 0 aliphatic carbocycles. The third kappa shape index (κ3) is 5.94. The second kappa shape index (κ2) is 11.0. The molecule has 2 aliphatic heterocycles. The summed E-state index contributed by atoms with van der Waals surface area (Å²) in [5.41, 5.74) is 14.3. The summed E-state index contributed by atoms with van der Waals surface area (Å²) in [4.78, 5) is 25.7. The number of alkyl halides is 3. The van der Waals surface area contributed by atoms with Gasteiger partial charge in [-0.05, 0) is 37.0 Å². The van der Waals surface area contributed by atoms with Crippen molar-refractivity contribution < 1.29 is 27.1 Å². The fourth-order valence-electron chi connectivity index (χ4n) is 5.42. The number of fused-ring (bicyclic) bond motifs is 1. The molecular weight excluding hydrogens is 515 g/mol. The lowest BCUT2D eigenvalue weighted by atomic mass is 9.93. The number of ether oxygens (including phenoxy) is 1. The van der Waals surface area contributed by atoms with E-state index in [1.54, 1.807) is 19.4 Å². The van der Waals surface area contributed by atoms with E-state index in [0.717, 1.165) is 31.5 Å². The summed E-state index contributed by atoms with van der Waals surface area (Å²) >= 11 is 0. The number of methoxy groups -OCH3 is 1. The van der Waals surface area contributed by atoms with Crippen LogP contribution in [0.4, 0.5) is 30.4 Å². The molecule has 0 bridgehead atoms. The largest absolute Gasteiger partial charge is 0.438 e. The number of carbonyl (C=O) groups excluding carboxylic acids is 1. The quantitative estimate of drug-likeness (QED) is 0.424. The van der Waals surface area contributed by atoms with Gasteiger partial charge in [-0.25, -0.2) is 0 Å². The Balaban J connectivity index is 1.34. The smallest absolute Gasteiger partial charge is 0.393 e. The zero-order valence-electron chi connectivity index (χ0n) is 21.6.